The number of hydrogen-bond donors (Lipinski definition) is 4. The van der Waals surface area contributed by atoms with Gasteiger partial charge in [0, 0.05) is 53.7 Å². The lowest BCUT2D eigenvalue weighted by Gasteiger charge is -2.34. The minimum atomic E-state index is -3.67. The molecule has 3 amide bonds. The lowest BCUT2D eigenvalue weighted by atomic mass is 9.89. The minimum absolute atomic E-state index is 0.0160. The van der Waals surface area contributed by atoms with Crippen LogP contribution in [0.2, 0.25) is 0 Å². The van der Waals surface area contributed by atoms with Crippen molar-refractivity contribution in [3.8, 4) is 22.9 Å². The smallest absolute Gasteiger partial charge is 0.408 e. The molecule has 3 aromatic rings. The number of sulfonamides is 1. The number of rotatable bonds is 13. The fraction of sp³-hybridized carbons (Fsp3) is 0.600. The largest absolute Gasteiger partial charge is 0.497 e. The summed E-state index contributed by atoms with van der Waals surface area (Å²) < 4.78 is 45.3. The number of aliphatic carboxylic acids is 1. The zero-order valence-corrected chi connectivity index (χ0v) is 39.8. The molecule has 1 saturated heterocycles. The number of fused-ring (bicyclic) bond motifs is 3. The predicted molar refractivity (Wildman–Crippen MR) is 245 cm³/mol. The highest BCUT2D eigenvalue weighted by atomic mass is 32.2. The maximum absolute atomic E-state index is 14.9. The maximum atomic E-state index is 14.9. The number of anilines is 1. The molecule has 4 heterocycles. The third-order valence-corrected chi connectivity index (χ3v) is 15.0. The van der Waals surface area contributed by atoms with Crippen molar-refractivity contribution in [1.29, 1.82) is 0 Å². The maximum Gasteiger partial charge on any atom is 0.408 e. The quantitative estimate of drug-likeness (QED) is 0.141. The van der Waals surface area contributed by atoms with Gasteiger partial charge >= 0.3 is 12.1 Å². The summed E-state index contributed by atoms with van der Waals surface area (Å²) in [7, 11) is -0.666. The molecule has 2 aromatic heterocycles. The van der Waals surface area contributed by atoms with Crippen molar-refractivity contribution in [2.24, 2.45) is 11.3 Å². The zero-order chi connectivity index (χ0) is 46.7. The Morgan fingerprint density at radius 2 is 1.84 bits per heavy atom. The molecule has 3 aliphatic rings. The van der Waals surface area contributed by atoms with E-state index in [4.69, 9.17) is 24.2 Å². The van der Waals surface area contributed by atoms with E-state index in [1.54, 1.807) is 39.2 Å². The van der Waals surface area contributed by atoms with Crippen LogP contribution in [0.3, 0.4) is 0 Å². The number of likely N-dealkylation sites (N-methyl/N-ethyl adjacent to an activating group) is 1. The molecule has 64 heavy (non-hydrogen) atoms. The third-order valence-electron chi connectivity index (χ3n) is 12.0. The second-order valence-electron chi connectivity index (χ2n) is 18.7. The van der Waals surface area contributed by atoms with Crippen LogP contribution in [0.1, 0.15) is 93.4 Å². The number of methoxy groups -OCH3 is 1. The SMILES string of the molecule is COc1ccc2c(O[C@@H]3C[C@H]4C(=O)N[C@]5(C(=O)O)CC5/C=C\CCCCC[C@H](NC(=O)O[C@H](CN(C)S(=O)(=O)C(C)C)C(C)(C)C)C(=O)N4C3)cc(-c3csc(NC(C)C)n3)nc2c1. The summed E-state index contributed by atoms with van der Waals surface area (Å²) in [5.74, 6) is -1.76. The molecule has 2 fully saturated rings. The van der Waals surface area contributed by atoms with Gasteiger partial charge in [0.15, 0.2) is 5.13 Å². The molecule has 19 heteroatoms. The summed E-state index contributed by atoms with van der Waals surface area (Å²) in [6, 6.07) is 5.04. The van der Waals surface area contributed by atoms with Crippen LogP contribution in [-0.2, 0) is 29.1 Å². The van der Waals surface area contributed by atoms with Crippen molar-refractivity contribution in [2.75, 3.05) is 32.6 Å². The fourth-order valence-corrected chi connectivity index (χ4v) is 9.97. The fourth-order valence-electron chi connectivity index (χ4n) is 8.05. The highest BCUT2D eigenvalue weighted by molar-refractivity contribution is 7.89. The first-order valence-corrected chi connectivity index (χ1v) is 24.3. The number of carboxylic acid groups (broad SMARTS) is 1. The van der Waals surface area contributed by atoms with Crippen LogP contribution >= 0.6 is 11.3 Å². The number of carboxylic acids is 1. The lowest BCUT2D eigenvalue weighted by Crippen LogP contribution is -2.56. The van der Waals surface area contributed by atoms with Crippen molar-refractivity contribution in [3.63, 3.8) is 0 Å². The van der Waals surface area contributed by atoms with Gasteiger partial charge < -0.3 is 40.2 Å². The molecule has 1 saturated carbocycles. The van der Waals surface area contributed by atoms with Gasteiger partial charge in [-0.2, -0.15) is 0 Å². The van der Waals surface area contributed by atoms with Crippen molar-refractivity contribution >= 4 is 61.3 Å². The van der Waals surface area contributed by atoms with Gasteiger partial charge in [0.1, 0.15) is 47.0 Å². The Kier molecular flexibility index (Phi) is 14.8. The number of amides is 3. The summed E-state index contributed by atoms with van der Waals surface area (Å²) in [5.41, 5.74) is -0.486. The molecule has 0 spiro atoms. The highest BCUT2D eigenvalue weighted by Crippen LogP contribution is 2.46. The second-order valence-corrected chi connectivity index (χ2v) is 22.1. The number of hydrogen-bond acceptors (Lipinski definition) is 13. The van der Waals surface area contributed by atoms with E-state index < -0.39 is 80.3 Å². The molecule has 350 valence electrons. The number of benzene rings is 1. The average Bonchev–Trinajstić information content (AvgIpc) is 3.48. The first-order valence-electron chi connectivity index (χ1n) is 22.0. The summed E-state index contributed by atoms with van der Waals surface area (Å²) in [6.45, 7) is 12.5. The number of carbonyl (C=O) groups is 4. The number of aromatic nitrogens is 2. The van der Waals surface area contributed by atoms with E-state index in [0.29, 0.717) is 53.1 Å². The number of pyridine rings is 1. The van der Waals surface area contributed by atoms with Gasteiger partial charge in [0.05, 0.1) is 36.7 Å². The van der Waals surface area contributed by atoms with E-state index in [1.807, 2.05) is 58.2 Å². The van der Waals surface area contributed by atoms with Gasteiger partial charge in [-0.1, -0.05) is 45.8 Å². The van der Waals surface area contributed by atoms with Gasteiger partial charge in [-0.15, -0.1) is 11.3 Å². The average molecular weight is 926 g/mol. The van der Waals surface area contributed by atoms with E-state index in [9.17, 15) is 32.7 Å². The van der Waals surface area contributed by atoms with Gasteiger partial charge in [-0.25, -0.2) is 32.3 Å². The van der Waals surface area contributed by atoms with Crippen LogP contribution in [0.25, 0.3) is 22.3 Å². The first kappa shape index (κ1) is 48.4. The summed E-state index contributed by atoms with van der Waals surface area (Å²) in [5, 5.41) is 21.8. The molecule has 0 bridgehead atoms. The van der Waals surface area contributed by atoms with Gasteiger partial charge in [-0.3, -0.25) is 9.59 Å². The van der Waals surface area contributed by atoms with Crippen LogP contribution in [0.15, 0.2) is 41.8 Å². The molecule has 1 aromatic carbocycles. The van der Waals surface area contributed by atoms with Crippen LogP contribution in [0.5, 0.6) is 11.5 Å². The Morgan fingerprint density at radius 3 is 2.52 bits per heavy atom. The Bertz CT molecular complexity index is 2350. The van der Waals surface area contributed by atoms with Crippen molar-refractivity contribution in [3.05, 3.63) is 41.8 Å². The van der Waals surface area contributed by atoms with E-state index in [1.165, 1.54) is 27.6 Å². The van der Waals surface area contributed by atoms with E-state index in [0.717, 1.165) is 11.6 Å². The third kappa shape index (κ3) is 11.1. The summed E-state index contributed by atoms with van der Waals surface area (Å²) in [6.07, 6.45) is 4.39. The Morgan fingerprint density at radius 1 is 1.09 bits per heavy atom. The van der Waals surface area contributed by atoms with E-state index in [2.05, 4.69) is 16.0 Å². The number of nitrogens with one attached hydrogen (secondary N) is 3. The standard InChI is InChI=1S/C45H63N7O10S2/c1-26(2)46-42-48-35(25-63-42)34-21-37(31-18-17-29(60-9)19-33(31)47-34)61-30-20-36-39(53)50-45(41(55)56)22-28(45)15-13-11-10-12-14-16-32(40(54)52(36)23-30)49-43(57)62-38(44(5,6)7)24-51(8)64(58,59)27(3)4/h13,15,17-19,21,25-28,30,32,36,38H,10-12,14,16,20,22-24H2,1-9H3,(H,46,48)(H,49,57)(H,50,53)(H,55,56)/b15-13-/t28?,30-,32+,36+,38-,45-/m1/s1. The van der Waals surface area contributed by atoms with Gasteiger partial charge in [0.25, 0.3) is 0 Å². The molecule has 2 aliphatic heterocycles. The molecule has 1 aliphatic carbocycles. The first-order chi connectivity index (χ1) is 30.1. The highest BCUT2D eigenvalue weighted by Gasteiger charge is 2.61. The summed E-state index contributed by atoms with van der Waals surface area (Å²) in [4.78, 5) is 66.8. The Labute approximate surface area is 379 Å². The Hall–Kier alpha value is -5.01. The number of alkyl carbamates (subject to hydrolysis) is 1. The van der Waals surface area contributed by atoms with Crippen LogP contribution < -0.4 is 25.4 Å². The number of ether oxygens (including phenoxy) is 3. The van der Waals surface area contributed by atoms with E-state index in [-0.39, 0.29) is 38.4 Å². The molecule has 6 atom stereocenters. The lowest BCUT2D eigenvalue weighted by molar-refractivity contribution is -0.145. The Balaban J connectivity index is 1.32. The van der Waals surface area contributed by atoms with Gasteiger partial charge in [0.2, 0.25) is 21.8 Å². The van der Waals surface area contributed by atoms with Crippen molar-refractivity contribution in [2.45, 2.75) is 135 Å². The van der Waals surface area contributed by atoms with Gasteiger partial charge in [-0.05, 0) is 65.5 Å². The van der Waals surface area contributed by atoms with E-state index >= 15 is 0 Å². The normalized spacial score (nSPS) is 24.3. The van der Waals surface area contributed by atoms with Crippen molar-refractivity contribution < 1.29 is 46.9 Å². The molecule has 4 N–H and O–H groups in total. The second kappa shape index (κ2) is 19.6. The molecule has 6 rings (SSSR count). The van der Waals surface area contributed by atoms with Crippen LogP contribution in [0, 0.1) is 11.3 Å². The van der Waals surface area contributed by atoms with Crippen LogP contribution in [-0.4, -0.2) is 125 Å². The number of thiazole rings is 1. The molecule has 1 unspecified atom stereocenters. The monoisotopic (exact) mass is 925 g/mol. The predicted octanol–water partition coefficient (Wildman–Crippen LogP) is 6.19. The number of allylic oxidation sites excluding steroid dienone is 1. The summed E-state index contributed by atoms with van der Waals surface area (Å²) >= 11 is 1.44. The molecule has 17 nitrogen and oxygen atoms in total. The van der Waals surface area contributed by atoms with Crippen LogP contribution in [0.4, 0.5) is 9.93 Å². The topological polar surface area (TPSA) is 219 Å². The molecular formula is C45H63N7O10S2. The minimum Gasteiger partial charge on any atom is -0.497 e. The number of nitrogens with zero attached hydrogens (tertiary/aromatic N) is 4. The zero-order valence-electron chi connectivity index (χ0n) is 38.2. The molecular weight excluding hydrogens is 863 g/mol. The number of carbonyl (C=O) groups excluding carboxylic acids is 3. The van der Waals surface area contributed by atoms with Crippen molar-refractivity contribution in [1.82, 2.24) is 29.8 Å². The molecule has 0 radical (unpaired) electrons.